The Hall–Kier alpha value is -3.81. The maximum absolute atomic E-state index is 13.1. The molecule has 8 nitrogen and oxygen atoms in total. The van der Waals surface area contributed by atoms with Gasteiger partial charge in [0.15, 0.2) is 17.3 Å². The van der Waals surface area contributed by atoms with E-state index in [4.69, 9.17) is 23.4 Å². The van der Waals surface area contributed by atoms with Crippen molar-refractivity contribution in [2.75, 3.05) is 28.4 Å². The first-order chi connectivity index (χ1) is 15.3. The first-order valence-electron chi connectivity index (χ1n) is 9.79. The number of aryl methyl sites for hydroxylation is 1. The average Bonchev–Trinajstić information content (AvgIpc) is 2.81. The molecule has 0 radical (unpaired) electrons. The van der Waals surface area contributed by atoms with Crippen molar-refractivity contribution in [1.82, 2.24) is 0 Å². The monoisotopic (exact) mass is 440 g/mol. The molecule has 8 heteroatoms. The lowest BCUT2D eigenvalue weighted by Crippen LogP contribution is -2.20. The second kappa shape index (κ2) is 9.55. The zero-order valence-corrected chi connectivity index (χ0v) is 18.5. The van der Waals surface area contributed by atoms with Gasteiger partial charge in [-0.2, -0.15) is 0 Å². The molecular weight excluding hydrogens is 416 g/mol. The number of esters is 1. The largest absolute Gasteiger partial charge is 0.496 e. The van der Waals surface area contributed by atoms with Gasteiger partial charge in [-0.3, -0.25) is 9.59 Å². The van der Waals surface area contributed by atoms with Crippen molar-refractivity contribution in [2.24, 2.45) is 0 Å². The van der Waals surface area contributed by atoms with E-state index in [0.29, 0.717) is 44.9 Å². The Bertz CT molecular complexity index is 1220. The summed E-state index contributed by atoms with van der Waals surface area (Å²) in [5.41, 5.74) is 0.943. The molecule has 3 aromatic rings. The zero-order valence-electron chi connectivity index (χ0n) is 18.5. The molecule has 32 heavy (non-hydrogen) atoms. The first-order valence-corrected chi connectivity index (χ1v) is 9.79. The van der Waals surface area contributed by atoms with E-state index in [-0.39, 0.29) is 12.2 Å². The Labute approximate surface area is 184 Å². The van der Waals surface area contributed by atoms with Crippen LogP contribution >= 0.6 is 0 Å². The quantitative estimate of drug-likeness (QED) is 0.297. The second-order valence-electron chi connectivity index (χ2n) is 7.06. The van der Waals surface area contributed by atoms with Crippen molar-refractivity contribution < 1.29 is 33.0 Å². The van der Waals surface area contributed by atoms with Crippen molar-refractivity contribution >= 4 is 22.7 Å². The number of carbonyl (C=O) groups is 2. The van der Waals surface area contributed by atoms with Crippen LogP contribution in [0.3, 0.4) is 0 Å². The Kier molecular flexibility index (Phi) is 6.82. The molecule has 0 amide bonds. The summed E-state index contributed by atoms with van der Waals surface area (Å²) in [6.45, 7) is 1.75. The van der Waals surface area contributed by atoms with Crippen LogP contribution in [0, 0.1) is 6.92 Å². The van der Waals surface area contributed by atoms with Crippen LogP contribution in [0.5, 0.6) is 17.2 Å². The van der Waals surface area contributed by atoms with Gasteiger partial charge in [0.05, 0.1) is 34.4 Å². The molecule has 0 aliphatic rings. The van der Waals surface area contributed by atoms with E-state index in [2.05, 4.69) is 0 Å². The molecule has 0 spiro atoms. The van der Waals surface area contributed by atoms with Crippen LogP contribution in [-0.4, -0.2) is 40.2 Å². The molecule has 1 aromatic heterocycles. The number of hydrogen-bond acceptors (Lipinski definition) is 8. The summed E-state index contributed by atoms with van der Waals surface area (Å²) in [5.74, 6) is -0.577. The summed E-state index contributed by atoms with van der Waals surface area (Å²) < 4.78 is 26.1. The Morgan fingerprint density at radius 3 is 2.19 bits per heavy atom. The van der Waals surface area contributed by atoms with Crippen molar-refractivity contribution in [2.45, 2.75) is 19.3 Å². The number of Topliss-reactive ketones (excluding diaryl/α,β-unsaturated/α-hetero) is 1. The molecule has 0 unspecified atom stereocenters. The Morgan fingerprint density at radius 2 is 1.56 bits per heavy atom. The third-order valence-corrected chi connectivity index (χ3v) is 5.32. The molecule has 0 fully saturated rings. The highest BCUT2D eigenvalue weighted by Gasteiger charge is 2.29. The van der Waals surface area contributed by atoms with Gasteiger partial charge in [-0.1, -0.05) is 0 Å². The van der Waals surface area contributed by atoms with E-state index in [1.165, 1.54) is 34.5 Å². The number of fused-ring (bicyclic) bond motifs is 1. The summed E-state index contributed by atoms with van der Waals surface area (Å²) >= 11 is 0. The van der Waals surface area contributed by atoms with Gasteiger partial charge in [-0.05, 0) is 42.8 Å². The fraction of sp³-hybridized carbons (Fsp3) is 0.292. The molecule has 2 aromatic carbocycles. The third-order valence-electron chi connectivity index (χ3n) is 5.32. The second-order valence-corrected chi connectivity index (χ2v) is 7.06. The average molecular weight is 440 g/mol. The van der Waals surface area contributed by atoms with Crippen LogP contribution in [0.2, 0.25) is 0 Å². The fourth-order valence-electron chi connectivity index (χ4n) is 3.65. The number of rotatable bonds is 8. The van der Waals surface area contributed by atoms with Crippen molar-refractivity contribution in [3.8, 4) is 17.2 Å². The lowest BCUT2D eigenvalue weighted by atomic mass is 9.89. The summed E-state index contributed by atoms with van der Waals surface area (Å²) in [4.78, 5) is 38.1. The molecule has 0 saturated heterocycles. The van der Waals surface area contributed by atoms with Gasteiger partial charge in [0.2, 0.25) is 0 Å². The van der Waals surface area contributed by atoms with E-state index in [1.807, 2.05) is 0 Å². The van der Waals surface area contributed by atoms with Gasteiger partial charge in [-0.15, -0.1) is 0 Å². The van der Waals surface area contributed by atoms with Gasteiger partial charge in [0, 0.05) is 29.0 Å². The molecule has 1 atom stereocenters. The minimum absolute atomic E-state index is 0.216. The van der Waals surface area contributed by atoms with Gasteiger partial charge in [0.1, 0.15) is 11.3 Å². The van der Waals surface area contributed by atoms with Crippen molar-refractivity contribution in [3.05, 3.63) is 63.5 Å². The number of hydrogen-bond donors (Lipinski definition) is 0. The normalized spacial score (nSPS) is 11.7. The van der Waals surface area contributed by atoms with Crippen LogP contribution in [-0.2, 0) is 9.53 Å². The van der Waals surface area contributed by atoms with Gasteiger partial charge in [0.25, 0.3) is 0 Å². The number of benzene rings is 2. The Balaban J connectivity index is 2.09. The predicted octanol–water partition coefficient (Wildman–Crippen LogP) is 3.66. The predicted molar refractivity (Wildman–Crippen MR) is 117 cm³/mol. The smallest absolute Gasteiger partial charge is 0.336 e. The maximum Gasteiger partial charge on any atom is 0.336 e. The molecule has 0 aliphatic carbocycles. The third kappa shape index (κ3) is 4.30. The summed E-state index contributed by atoms with van der Waals surface area (Å²) in [7, 11) is 5.71. The zero-order chi connectivity index (χ0) is 23.4. The summed E-state index contributed by atoms with van der Waals surface area (Å²) in [5, 5.41) is 0.526. The van der Waals surface area contributed by atoms with E-state index in [0.717, 1.165) is 0 Å². The van der Waals surface area contributed by atoms with Crippen LogP contribution in [0.1, 0.15) is 33.8 Å². The summed E-state index contributed by atoms with van der Waals surface area (Å²) in [6, 6.07) is 9.37. The standard InChI is InChI=1S/C24H24O8/c1-13-19(28-2)9-7-15-16(12-22(26)32-23(13)15)17(24(27)31-5)11-18(25)14-6-8-20(29-3)21(10-14)30-4/h6-10,12,17H,11H2,1-5H3/t17-/m0/s1. The van der Waals surface area contributed by atoms with Crippen LogP contribution in [0.25, 0.3) is 11.0 Å². The van der Waals surface area contributed by atoms with Gasteiger partial charge >= 0.3 is 11.6 Å². The highest BCUT2D eigenvalue weighted by Crippen LogP contribution is 2.34. The molecule has 1 heterocycles. The van der Waals surface area contributed by atoms with Crippen LogP contribution < -0.4 is 19.8 Å². The Morgan fingerprint density at radius 1 is 0.906 bits per heavy atom. The molecule has 0 N–H and O–H groups in total. The lowest BCUT2D eigenvalue weighted by molar-refractivity contribution is -0.142. The van der Waals surface area contributed by atoms with E-state index in [9.17, 15) is 14.4 Å². The molecule has 0 saturated carbocycles. The van der Waals surface area contributed by atoms with Crippen LogP contribution in [0.4, 0.5) is 0 Å². The molecule has 168 valence electrons. The van der Waals surface area contributed by atoms with Crippen molar-refractivity contribution in [3.63, 3.8) is 0 Å². The maximum atomic E-state index is 13.1. The first kappa shape index (κ1) is 22.9. The lowest BCUT2D eigenvalue weighted by Gasteiger charge is -2.17. The molecule has 3 rings (SSSR count). The molecule has 0 bridgehead atoms. The topological polar surface area (TPSA) is 101 Å². The highest BCUT2D eigenvalue weighted by atomic mass is 16.5. The summed E-state index contributed by atoms with van der Waals surface area (Å²) in [6.07, 6.45) is -0.216. The number of ether oxygens (including phenoxy) is 4. The van der Waals surface area contributed by atoms with Gasteiger partial charge < -0.3 is 23.4 Å². The fourth-order valence-corrected chi connectivity index (χ4v) is 3.65. The highest BCUT2D eigenvalue weighted by molar-refractivity contribution is 6.01. The minimum Gasteiger partial charge on any atom is -0.496 e. The SMILES string of the molecule is COC(=O)[C@@H](CC(=O)c1ccc(OC)c(OC)c1)c1cc(=O)oc2c(C)c(OC)ccc12. The molecular formula is C24H24O8. The van der Waals surface area contributed by atoms with Crippen LogP contribution in [0.15, 0.2) is 45.6 Å². The minimum atomic E-state index is -1.01. The number of ketones is 1. The number of methoxy groups -OCH3 is 4. The van der Waals surface area contributed by atoms with Crippen molar-refractivity contribution in [1.29, 1.82) is 0 Å². The molecule has 0 aliphatic heterocycles. The van der Waals surface area contributed by atoms with E-state index in [1.54, 1.807) is 37.3 Å². The van der Waals surface area contributed by atoms with E-state index >= 15 is 0 Å². The van der Waals surface area contributed by atoms with Gasteiger partial charge in [-0.25, -0.2) is 4.79 Å². The van der Waals surface area contributed by atoms with E-state index < -0.39 is 17.5 Å². The number of carbonyl (C=O) groups excluding carboxylic acids is 2.